The van der Waals surface area contributed by atoms with Crippen LogP contribution in [0, 0.1) is 0 Å². The fourth-order valence-electron chi connectivity index (χ4n) is 1.23. The van der Waals surface area contributed by atoms with Gasteiger partial charge >= 0.3 is 0 Å². The van der Waals surface area contributed by atoms with Crippen molar-refractivity contribution in [3.8, 4) is 5.69 Å². The topological polar surface area (TPSA) is 34.9 Å². The molecule has 0 bridgehead atoms. The molecule has 2 aromatic rings. The molecule has 1 aromatic carbocycles. The maximum Gasteiger partial charge on any atom is 0.252 e. The Morgan fingerprint density at radius 2 is 2.20 bits per heavy atom. The number of hydrogen-bond acceptors (Lipinski definition) is 2. The van der Waals surface area contributed by atoms with Gasteiger partial charge < -0.3 is 0 Å². The number of carbonyl (C=O) groups is 1. The van der Waals surface area contributed by atoms with Crippen molar-refractivity contribution in [3.05, 3.63) is 47.2 Å². The molecule has 0 fully saturated rings. The van der Waals surface area contributed by atoms with Crippen LogP contribution in [0.25, 0.3) is 5.69 Å². The number of nitrogens with zero attached hydrogens (tertiary/aromatic N) is 2. The fraction of sp³-hybridized carbons (Fsp3) is 0. The molecular weight excluding hydrogens is 235 g/mol. The maximum absolute atomic E-state index is 10.9. The quantitative estimate of drug-likeness (QED) is 0.757. The third kappa shape index (κ3) is 2.03. The summed E-state index contributed by atoms with van der Waals surface area (Å²) in [5, 5.41) is 3.95. The van der Waals surface area contributed by atoms with E-state index in [1.54, 1.807) is 35.3 Å². The standard InChI is InChI=1S/C10H6Cl2N2O/c11-8-6-7(10(12)15)2-3-9(8)14-5-1-4-13-14/h1-6H. The maximum atomic E-state index is 10.9. The first-order chi connectivity index (χ1) is 7.18. The summed E-state index contributed by atoms with van der Waals surface area (Å²) in [6.45, 7) is 0. The normalized spacial score (nSPS) is 10.3. The molecule has 0 spiro atoms. The molecule has 0 saturated heterocycles. The Balaban J connectivity index is 2.48. The predicted octanol–water partition coefficient (Wildman–Crippen LogP) is 2.90. The van der Waals surface area contributed by atoms with Gasteiger partial charge in [0.1, 0.15) is 0 Å². The average molecular weight is 241 g/mol. The molecule has 1 heterocycles. The zero-order chi connectivity index (χ0) is 10.8. The van der Waals surface area contributed by atoms with Gasteiger partial charge in [-0.2, -0.15) is 5.10 Å². The summed E-state index contributed by atoms with van der Waals surface area (Å²) in [5.74, 6) is 0. The minimum Gasteiger partial charge on any atom is -0.276 e. The molecule has 0 saturated carbocycles. The second-order valence-electron chi connectivity index (χ2n) is 2.89. The second kappa shape index (κ2) is 4.04. The van der Waals surface area contributed by atoms with Crippen molar-refractivity contribution in [1.82, 2.24) is 9.78 Å². The summed E-state index contributed by atoms with van der Waals surface area (Å²) in [4.78, 5) is 10.9. The summed E-state index contributed by atoms with van der Waals surface area (Å²) in [6, 6.07) is 6.62. The first kappa shape index (κ1) is 10.2. The van der Waals surface area contributed by atoms with Crippen LogP contribution in [-0.4, -0.2) is 15.0 Å². The van der Waals surface area contributed by atoms with Crippen molar-refractivity contribution in [1.29, 1.82) is 0 Å². The van der Waals surface area contributed by atoms with E-state index in [0.717, 1.165) is 0 Å². The van der Waals surface area contributed by atoms with E-state index in [1.165, 1.54) is 6.07 Å². The van der Waals surface area contributed by atoms with Crippen LogP contribution in [0.5, 0.6) is 0 Å². The van der Waals surface area contributed by atoms with Gasteiger partial charge in [0.05, 0.1) is 10.7 Å². The van der Waals surface area contributed by atoms with Crippen LogP contribution in [0.2, 0.25) is 5.02 Å². The molecule has 0 amide bonds. The lowest BCUT2D eigenvalue weighted by atomic mass is 10.2. The average Bonchev–Trinajstić information content (AvgIpc) is 2.70. The van der Waals surface area contributed by atoms with E-state index >= 15 is 0 Å². The summed E-state index contributed by atoms with van der Waals surface area (Å²) < 4.78 is 1.62. The highest BCUT2D eigenvalue weighted by Crippen LogP contribution is 2.21. The van der Waals surface area contributed by atoms with E-state index < -0.39 is 5.24 Å². The van der Waals surface area contributed by atoms with Crippen LogP contribution in [0.4, 0.5) is 0 Å². The van der Waals surface area contributed by atoms with Crippen LogP contribution in [0.1, 0.15) is 10.4 Å². The summed E-state index contributed by atoms with van der Waals surface area (Å²) in [6.07, 6.45) is 3.42. The Morgan fingerprint density at radius 1 is 1.40 bits per heavy atom. The van der Waals surface area contributed by atoms with Crippen molar-refractivity contribution in [2.24, 2.45) is 0 Å². The van der Waals surface area contributed by atoms with Crippen molar-refractivity contribution in [3.63, 3.8) is 0 Å². The number of benzene rings is 1. The van der Waals surface area contributed by atoms with Crippen LogP contribution in [0.15, 0.2) is 36.7 Å². The third-order valence-electron chi connectivity index (χ3n) is 1.93. The molecule has 3 nitrogen and oxygen atoms in total. The molecule has 0 aliphatic rings. The smallest absolute Gasteiger partial charge is 0.252 e. The van der Waals surface area contributed by atoms with Crippen LogP contribution in [-0.2, 0) is 0 Å². The monoisotopic (exact) mass is 240 g/mol. The molecule has 0 radical (unpaired) electrons. The van der Waals surface area contributed by atoms with E-state index in [1.807, 2.05) is 0 Å². The van der Waals surface area contributed by atoms with Gasteiger partial charge in [0.15, 0.2) is 0 Å². The van der Waals surface area contributed by atoms with Crippen molar-refractivity contribution >= 4 is 28.4 Å². The van der Waals surface area contributed by atoms with Gasteiger partial charge in [0.2, 0.25) is 0 Å². The Morgan fingerprint density at radius 3 is 2.73 bits per heavy atom. The lowest BCUT2D eigenvalue weighted by molar-refractivity contribution is 0.108. The van der Waals surface area contributed by atoms with Gasteiger partial charge in [-0.1, -0.05) is 11.6 Å². The largest absolute Gasteiger partial charge is 0.276 e. The Hall–Kier alpha value is -1.32. The van der Waals surface area contributed by atoms with E-state index in [2.05, 4.69) is 5.10 Å². The van der Waals surface area contributed by atoms with Gasteiger partial charge in [-0.3, -0.25) is 4.79 Å². The van der Waals surface area contributed by atoms with Crippen molar-refractivity contribution in [2.75, 3.05) is 0 Å². The number of halogens is 2. The minimum absolute atomic E-state index is 0.373. The van der Waals surface area contributed by atoms with Crippen molar-refractivity contribution in [2.45, 2.75) is 0 Å². The molecule has 0 N–H and O–H groups in total. The lowest BCUT2D eigenvalue weighted by Crippen LogP contribution is -1.97. The van der Waals surface area contributed by atoms with E-state index in [9.17, 15) is 4.79 Å². The number of rotatable bonds is 2. The van der Waals surface area contributed by atoms with E-state index in [-0.39, 0.29) is 0 Å². The summed E-state index contributed by atoms with van der Waals surface area (Å²) in [5.41, 5.74) is 1.08. The molecule has 5 heteroatoms. The molecule has 15 heavy (non-hydrogen) atoms. The Kier molecular flexibility index (Phi) is 2.75. The highest BCUT2D eigenvalue weighted by molar-refractivity contribution is 6.67. The molecule has 2 rings (SSSR count). The lowest BCUT2D eigenvalue weighted by Gasteiger charge is -2.04. The van der Waals surface area contributed by atoms with Crippen molar-refractivity contribution < 1.29 is 4.79 Å². The molecule has 76 valence electrons. The van der Waals surface area contributed by atoms with E-state index in [0.29, 0.717) is 16.3 Å². The van der Waals surface area contributed by atoms with Gasteiger partial charge in [-0.15, -0.1) is 0 Å². The van der Waals surface area contributed by atoms with Gasteiger partial charge in [-0.25, -0.2) is 4.68 Å². The van der Waals surface area contributed by atoms with Crippen LogP contribution >= 0.6 is 23.2 Å². The molecule has 0 aliphatic carbocycles. The van der Waals surface area contributed by atoms with Crippen LogP contribution < -0.4 is 0 Å². The zero-order valence-electron chi connectivity index (χ0n) is 7.52. The highest BCUT2D eigenvalue weighted by atomic mass is 35.5. The van der Waals surface area contributed by atoms with Gasteiger partial charge in [0.25, 0.3) is 5.24 Å². The van der Waals surface area contributed by atoms with E-state index in [4.69, 9.17) is 23.2 Å². The SMILES string of the molecule is O=C(Cl)c1ccc(-n2cccn2)c(Cl)c1. The number of aromatic nitrogens is 2. The molecule has 0 unspecified atom stereocenters. The van der Waals surface area contributed by atoms with Gasteiger partial charge in [-0.05, 0) is 35.9 Å². The second-order valence-corrected chi connectivity index (χ2v) is 3.64. The van der Waals surface area contributed by atoms with Crippen LogP contribution in [0.3, 0.4) is 0 Å². The van der Waals surface area contributed by atoms with Gasteiger partial charge in [0, 0.05) is 18.0 Å². The highest BCUT2D eigenvalue weighted by Gasteiger charge is 2.07. The fourth-order valence-corrected chi connectivity index (χ4v) is 1.61. The Bertz CT molecular complexity index is 494. The minimum atomic E-state index is -0.524. The first-order valence-corrected chi connectivity index (χ1v) is 4.93. The molecule has 1 aromatic heterocycles. The Labute approximate surface area is 96.2 Å². The molecular formula is C10H6Cl2N2O. The first-order valence-electron chi connectivity index (χ1n) is 4.18. The summed E-state index contributed by atoms with van der Waals surface area (Å²) >= 11 is 11.3. The number of hydrogen-bond donors (Lipinski definition) is 0. The zero-order valence-corrected chi connectivity index (χ0v) is 9.03. The molecule has 0 aliphatic heterocycles. The predicted molar refractivity (Wildman–Crippen MR) is 58.8 cm³/mol. The third-order valence-corrected chi connectivity index (χ3v) is 2.45. The summed E-state index contributed by atoms with van der Waals surface area (Å²) in [7, 11) is 0. The number of carbonyl (C=O) groups excluding carboxylic acids is 1. The molecule has 0 atom stereocenters.